The minimum atomic E-state index is -1.40. The molecule has 0 bridgehead atoms. The molecule has 0 aliphatic heterocycles. The van der Waals surface area contributed by atoms with E-state index in [-0.39, 0.29) is 19.1 Å². The van der Waals surface area contributed by atoms with E-state index >= 15 is 0 Å². The Kier molecular flexibility index (Phi) is 5.75. The molecule has 2 atom stereocenters. The van der Waals surface area contributed by atoms with Gasteiger partial charge in [0.15, 0.2) is 0 Å². The van der Waals surface area contributed by atoms with Gasteiger partial charge in [-0.15, -0.1) is 0 Å². The van der Waals surface area contributed by atoms with Gasteiger partial charge < -0.3 is 20.2 Å². The molecule has 0 saturated carbocycles. The maximum atomic E-state index is 10.1. The highest BCUT2D eigenvalue weighted by Gasteiger charge is 2.30. The molecule has 1 rings (SSSR count). The molecular formula is C14H24N2O3. The van der Waals surface area contributed by atoms with Crippen molar-refractivity contribution in [1.82, 2.24) is 4.90 Å². The number of hydrogen-bond donors (Lipinski definition) is 4. The van der Waals surface area contributed by atoms with E-state index in [1.807, 2.05) is 30.9 Å². The standard InChI is InChI=1S/C14H24N2O3/c1-11(2)9-12-10-13(3-4-14(12,15)19)16(5-7-17)6-8-18/h3-4,9-10,12,17-19H,5-8,15H2,1-2H3. The highest BCUT2D eigenvalue weighted by molar-refractivity contribution is 5.32. The van der Waals surface area contributed by atoms with Gasteiger partial charge in [-0.05, 0) is 32.1 Å². The summed E-state index contributed by atoms with van der Waals surface area (Å²) in [5, 5.41) is 28.2. The van der Waals surface area contributed by atoms with Crippen molar-refractivity contribution in [1.29, 1.82) is 0 Å². The molecule has 0 aromatic carbocycles. The Morgan fingerprint density at radius 3 is 2.42 bits per heavy atom. The predicted molar refractivity (Wildman–Crippen MR) is 75.0 cm³/mol. The molecule has 0 spiro atoms. The van der Waals surface area contributed by atoms with Crippen LogP contribution in [0.1, 0.15) is 13.8 Å². The topological polar surface area (TPSA) is 90.0 Å². The fourth-order valence-corrected chi connectivity index (χ4v) is 2.07. The Bertz CT molecular complexity index is 376. The summed E-state index contributed by atoms with van der Waals surface area (Å²) < 4.78 is 0. The van der Waals surface area contributed by atoms with Gasteiger partial charge in [0, 0.05) is 24.7 Å². The van der Waals surface area contributed by atoms with Gasteiger partial charge in [0.2, 0.25) is 0 Å². The second-order valence-corrected chi connectivity index (χ2v) is 5.02. The lowest BCUT2D eigenvalue weighted by Gasteiger charge is -2.33. The zero-order chi connectivity index (χ0) is 14.5. The fraction of sp³-hybridized carbons (Fsp3) is 0.571. The largest absolute Gasteiger partial charge is 0.395 e. The van der Waals surface area contributed by atoms with Crippen LogP contribution in [0.15, 0.2) is 35.6 Å². The minimum absolute atomic E-state index is 0.00534. The summed E-state index contributed by atoms with van der Waals surface area (Å²) >= 11 is 0. The molecule has 19 heavy (non-hydrogen) atoms. The van der Waals surface area contributed by atoms with Crippen LogP contribution in [-0.2, 0) is 0 Å². The van der Waals surface area contributed by atoms with E-state index in [0.29, 0.717) is 13.1 Å². The lowest BCUT2D eigenvalue weighted by atomic mass is 9.89. The molecule has 5 nitrogen and oxygen atoms in total. The number of nitrogens with two attached hydrogens (primary N) is 1. The monoisotopic (exact) mass is 268 g/mol. The maximum Gasteiger partial charge on any atom is 0.142 e. The van der Waals surface area contributed by atoms with Gasteiger partial charge in [0.25, 0.3) is 0 Å². The van der Waals surface area contributed by atoms with Crippen molar-refractivity contribution in [2.75, 3.05) is 26.3 Å². The minimum Gasteiger partial charge on any atom is -0.395 e. The summed E-state index contributed by atoms with van der Waals surface area (Å²) in [5.41, 5.74) is 6.36. The molecule has 0 amide bonds. The van der Waals surface area contributed by atoms with E-state index in [9.17, 15) is 5.11 Å². The summed E-state index contributed by atoms with van der Waals surface area (Å²) in [6.07, 6.45) is 7.03. The highest BCUT2D eigenvalue weighted by atomic mass is 16.3. The third-order valence-corrected chi connectivity index (χ3v) is 3.02. The first-order chi connectivity index (χ1) is 8.90. The Hall–Kier alpha value is -1.14. The van der Waals surface area contributed by atoms with Crippen molar-refractivity contribution < 1.29 is 15.3 Å². The van der Waals surface area contributed by atoms with Gasteiger partial charge in [-0.2, -0.15) is 0 Å². The Morgan fingerprint density at radius 2 is 1.95 bits per heavy atom. The summed E-state index contributed by atoms with van der Waals surface area (Å²) in [6.45, 7) is 4.77. The zero-order valence-corrected chi connectivity index (χ0v) is 11.6. The first-order valence-corrected chi connectivity index (χ1v) is 6.44. The molecule has 0 radical (unpaired) electrons. The normalized spacial score (nSPS) is 26.0. The smallest absolute Gasteiger partial charge is 0.142 e. The number of aliphatic hydroxyl groups is 3. The van der Waals surface area contributed by atoms with Crippen molar-refractivity contribution in [3.05, 3.63) is 35.6 Å². The van der Waals surface area contributed by atoms with Crippen LogP contribution in [0.4, 0.5) is 0 Å². The summed E-state index contributed by atoms with van der Waals surface area (Å²) in [4.78, 5) is 1.86. The van der Waals surface area contributed by atoms with Gasteiger partial charge in [-0.3, -0.25) is 5.73 Å². The predicted octanol–water partition coefficient (Wildman–Crippen LogP) is -0.0436. The van der Waals surface area contributed by atoms with Crippen LogP contribution in [0, 0.1) is 5.92 Å². The number of nitrogens with zero attached hydrogens (tertiary/aromatic N) is 1. The summed E-state index contributed by atoms with van der Waals surface area (Å²) in [5.74, 6) is -0.322. The van der Waals surface area contributed by atoms with Crippen molar-refractivity contribution in [2.45, 2.75) is 19.6 Å². The van der Waals surface area contributed by atoms with E-state index in [4.69, 9.17) is 15.9 Å². The van der Waals surface area contributed by atoms with Crippen LogP contribution in [-0.4, -0.2) is 52.2 Å². The molecule has 5 N–H and O–H groups in total. The number of rotatable bonds is 6. The van der Waals surface area contributed by atoms with E-state index in [1.165, 1.54) is 0 Å². The van der Waals surface area contributed by atoms with Crippen LogP contribution in [0.5, 0.6) is 0 Å². The SMILES string of the molecule is CC(C)=CC1C=C(N(CCO)CCO)C=CC1(N)O. The van der Waals surface area contributed by atoms with E-state index in [2.05, 4.69) is 0 Å². The molecule has 108 valence electrons. The first kappa shape index (κ1) is 15.9. The van der Waals surface area contributed by atoms with E-state index in [0.717, 1.165) is 11.3 Å². The quantitative estimate of drug-likeness (QED) is 0.401. The Balaban J connectivity index is 2.98. The van der Waals surface area contributed by atoms with Gasteiger partial charge in [-0.25, -0.2) is 0 Å². The third-order valence-electron chi connectivity index (χ3n) is 3.02. The Morgan fingerprint density at radius 1 is 1.37 bits per heavy atom. The average molecular weight is 268 g/mol. The van der Waals surface area contributed by atoms with Crippen molar-refractivity contribution in [2.24, 2.45) is 11.7 Å². The zero-order valence-electron chi connectivity index (χ0n) is 11.6. The molecule has 0 saturated heterocycles. The van der Waals surface area contributed by atoms with Crippen LogP contribution < -0.4 is 5.73 Å². The number of aliphatic hydroxyl groups excluding tert-OH is 2. The molecule has 0 aromatic heterocycles. The molecule has 1 aliphatic rings. The van der Waals surface area contributed by atoms with E-state index in [1.54, 1.807) is 12.2 Å². The van der Waals surface area contributed by atoms with Crippen LogP contribution in [0.3, 0.4) is 0 Å². The van der Waals surface area contributed by atoms with Crippen LogP contribution >= 0.6 is 0 Å². The molecule has 2 unspecified atom stereocenters. The van der Waals surface area contributed by atoms with Gasteiger partial charge >= 0.3 is 0 Å². The van der Waals surface area contributed by atoms with Gasteiger partial charge in [-0.1, -0.05) is 11.6 Å². The summed E-state index contributed by atoms with van der Waals surface area (Å²) in [6, 6.07) is 0. The third kappa shape index (κ3) is 4.47. The van der Waals surface area contributed by atoms with Crippen molar-refractivity contribution >= 4 is 0 Å². The molecule has 0 aromatic rings. The van der Waals surface area contributed by atoms with Crippen LogP contribution in [0.2, 0.25) is 0 Å². The average Bonchev–Trinajstić information content (AvgIpc) is 2.31. The lowest BCUT2D eigenvalue weighted by molar-refractivity contribution is 0.0680. The van der Waals surface area contributed by atoms with Gasteiger partial charge in [0.1, 0.15) is 5.72 Å². The first-order valence-electron chi connectivity index (χ1n) is 6.44. The van der Waals surface area contributed by atoms with E-state index < -0.39 is 5.72 Å². The molecule has 5 heteroatoms. The number of allylic oxidation sites excluding steroid dienone is 2. The molecular weight excluding hydrogens is 244 g/mol. The van der Waals surface area contributed by atoms with Gasteiger partial charge in [0.05, 0.1) is 13.2 Å². The Labute approximate surface area is 114 Å². The molecule has 0 heterocycles. The van der Waals surface area contributed by atoms with Crippen molar-refractivity contribution in [3.63, 3.8) is 0 Å². The highest BCUT2D eigenvalue weighted by Crippen LogP contribution is 2.26. The van der Waals surface area contributed by atoms with Crippen molar-refractivity contribution in [3.8, 4) is 0 Å². The van der Waals surface area contributed by atoms with Crippen LogP contribution in [0.25, 0.3) is 0 Å². The molecule has 0 fully saturated rings. The molecule has 1 aliphatic carbocycles. The fourth-order valence-electron chi connectivity index (χ4n) is 2.07. The summed E-state index contributed by atoms with van der Waals surface area (Å²) in [7, 11) is 0. The number of hydrogen-bond acceptors (Lipinski definition) is 5. The lowest BCUT2D eigenvalue weighted by Crippen LogP contribution is -2.46. The second kappa shape index (κ2) is 6.86. The maximum absolute atomic E-state index is 10.1. The second-order valence-electron chi connectivity index (χ2n) is 5.02.